The number of halogens is 2. The molecular weight excluding hydrogens is 633 g/mol. The van der Waals surface area contributed by atoms with Crippen LogP contribution in [0.25, 0.3) is 0 Å². The van der Waals surface area contributed by atoms with Crippen molar-refractivity contribution < 1.29 is 22.7 Å². The van der Waals surface area contributed by atoms with Crippen molar-refractivity contribution in [2.24, 2.45) is 0 Å². The second-order valence-corrected chi connectivity index (χ2v) is 13.0. The fraction of sp³-hybridized carbons (Fsp3) is 0.235. The van der Waals surface area contributed by atoms with Crippen LogP contribution < -0.4 is 14.4 Å². The van der Waals surface area contributed by atoms with E-state index < -0.39 is 28.5 Å². The van der Waals surface area contributed by atoms with E-state index in [-0.39, 0.29) is 23.8 Å². The molecule has 0 heterocycles. The van der Waals surface area contributed by atoms with Crippen LogP contribution in [0.5, 0.6) is 5.75 Å². The lowest BCUT2D eigenvalue weighted by molar-refractivity contribution is -0.140. The molecule has 0 saturated heterocycles. The average molecular weight is 669 g/mol. The first-order valence-electron chi connectivity index (χ1n) is 14.4. The average Bonchev–Trinajstić information content (AvgIpc) is 3.06. The van der Waals surface area contributed by atoms with Gasteiger partial charge < -0.3 is 15.0 Å². The molecular formula is C34H35Cl2N3O5S. The Morgan fingerprint density at radius 3 is 2.09 bits per heavy atom. The van der Waals surface area contributed by atoms with E-state index in [9.17, 15) is 18.0 Å². The molecule has 0 spiro atoms. The second kappa shape index (κ2) is 15.8. The number of carbonyl (C=O) groups excluding carboxylic acids is 2. The van der Waals surface area contributed by atoms with E-state index in [1.807, 2.05) is 37.3 Å². The lowest BCUT2D eigenvalue weighted by Gasteiger charge is -2.34. The molecule has 4 aromatic rings. The number of nitrogens with zero attached hydrogens (tertiary/aromatic N) is 2. The van der Waals surface area contributed by atoms with Gasteiger partial charge in [-0.1, -0.05) is 84.7 Å². The van der Waals surface area contributed by atoms with Crippen LogP contribution in [0, 0.1) is 0 Å². The maximum absolute atomic E-state index is 14.4. The van der Waals surface area contributed by atoms with Gasteiger partial charge in [-0.05, 0) is 66.1 Å². The van der Waals surface area contributed by atoms with Crippen molar-refractivity contribution in [3.8, 4) is 5.75 Å². The molecule has 236 valence electrons. The van der Waals surface area contributed by atoms with Crippen LogP contribution in [0.4, 0.5) is 5.69 Å². The Labute approximate surface area is 274 Å². The zero-order valence-corrected chi connectivity index (χ0v) is 27.4. The standard InChI is InChI=1S/C34H35Cl2N3O5S/c1-3-20-37-34(41)32(22-25-10-6-4-7-11-25)38(23-26-14-19-30(35)31(36)21-26)33(40)24-39(27-12-8-5-9-13-27)45(42,43)29-17-15-28(44-2)16-18-29/h4-19,21,32H,3,20,22-24H2,1-2H3,(H,37,41)/t32-/m0/s1. The van der Waals surface area contributed by atoms with Gasteiger partial charge in [0.15, 0.2) is 0 Å². The highest BCUT2D eigenvalue weighted by Gasteiger charge is 2.34. The number of methoxy groups -OCH3 is 1. The van der Waals surface area contributed by atoms with Crippen molar-refractivity contribution in [2.75, 3.05) is 24.5 Å². The maximum atomic E-state index is 14.4. The minimum absolute atomic E-state index is 0.0159. The minimum atomic E-state index is -4.22. The highest BCUT2D eigenvalue weighted by Crippen LogP contribution is 2.27. The number of benzene rings is 4. The van der Waals surface area contributed by atoms with Gasteiger partial charge in [-0.2, -0.15) is 0 Å². The molecule has 0 aromatic heterocycles. The van der Waals surface area contributed by atoms with E-state index in [1.165, 1.54) is 24.1 Å². The summed E-state index contributed by atoms with van der Waals surface area (Å²) >= 11 is 12.5. The van der Waals surface area contributed by atoms with Gasteiger partial charge in [0, 0.05) is 19.5 Å². The summed E-state index contributed by atoms with van der Waals surface area (Å²) in [5, 5.41) is 3.57. The zero-order chi connectivity index (χ0) is 32.4. The molecule has 0 aliphatic carbocycles. The summed E-state index contributed by atoms with van der Waals surface area (Å²) in [7, 11) is -2.73. The topological polar surface area (TPSA) is 96.0 Å². The lowest BCUT2D eigenvalue weighted by atomic mass is 10.0. The van der Waals surface area contributed by atoms with Crippen LogP contribution in [0.1, 0.15) is 24.5 Å². The predicted molar refractivity (Wildman–Crippen MR) is 178 cm³/mol. The van der Waals surface area contributed by atoms with Gasteiger partial charge in [-0.15, -0.1) is 0 Å². The highest BCUT2D eigenvalue weighted by molar-refractivity contribution is 7.92. The Morgan fingerprint density at radius 1 is 0.844 bits per heavy atom. The number of rotatable bonds is 14. The van der Waals surface area contributed by atoms with Crippen LogP contribution in [-0.4, -0.2) is 51.4 Å². The van der Waals surface area contributed by atoms with Gasteiger partial charge in [-0.3, -0.25) is 13.9 Å². The van der Waals surface area contributed by atoms with Crippen LogP contribution in [-0.2, 0) is 32.6 Å². The Balaban J connectivity index is 1.79. The van der Waals surface area contributed by atoms with Crippen LogP contribution in [0.2, 0.25) is 10.0 Å². The number of para-hydroxylation sites is 1. The van der Waals surface area contributed by atoms with Crippen molar-refractivity contribution >= 4 is 50.7 Å². The molecule has 1 atom stereocenters. The smallest absolute Gasteiger partial charge is 0.264 e. The van der Waals surface area contributed by atoms with Gasteiger partial charge in [0.25, 0.3) is 10.0 Å². The molecule has 0 aliphatic rings. The van der Waals surface area contributed by atoms with Crippen molar-refractivity contribution in [3.63, 3.8) is 0 Å². The monoisotopic (exact) mass is 667 g/mol. The molecule has 4 aromatic carbocycles. The SMILES string of the molecule is CCCNC(=O)[C@H](Cc1ccccc1)N(Cc1ccc(Cl)c(Cl)c1)C(=O)CN(c1ccccc1)S(=O)(=O)c1ccc(OC)cc1. The molecule has 0 saturated carbocycles. The third kappa shape index (κ3) is 8.78. The Kier molecular flexibility index (Phi) is 11.9. The maximum Gasteiger partial charge on any atom is 0.264 e. The number of hydrogen-bond acceptors (Lipinski definition) is 5. The normalized spacial score (nSPS) is 11.8. The Morgan fingerprint density at radius 2 is 1.49 bits per heavy atom. The molecule has 0 fully saturated rings. The molecule has 0 unspecified atom stereocenters. The van der Waals surface area contributed by atoms with Gasteiger partial charge >= 0.3 is 0 Å². The molecule has 8 nitrogen and oxygen atoms in total. The van der Waals surface area contributed by atoms with Gasteiger partial charge in [0.05, 0.1) is 27.7 Å². The number of anilines is 1. The fourth-order valence-electron chi connectivity index (χ4n) is 4.75. The highest BCUT2D eigenvalue weighted by atomic mass is 35.5. The van der Waals surface area contributed by atoms with Crippen LogP contribution >= 0.6 is 23.2 Å². The molecule has 2 amide bonds. The number of ether oxygens (including phenoxy) is 1. The first-order chi connectivity index (χ1) is 21.6. The summed E-state index contributed by atoms with van der Waals surface area (Å²) in [4.78, 5) is 29.5. The first-order valence-corrected chi connectivity index (χ1v) is 16.6. The van der Waals surface area contributed by atoms with Gasteiger partial charge in [0.1, 0.15) is 18.3 Å². The van der Waals surface area contributed by atoms with Crippen molar-refractivity contribution in [1.29, 1.82) is 0 Å². The molecule has 0 bridgehead atoms. The van der Waals surface area contributed by atoms with E-state index in [4.69, 9.17) is 27.9 Å². The summed E-state index contributed by atoms with van der Waals surface area (Å²) in [5.41, 5.74) is 1.77. The van der Waals surface area contributed by atoms with E-state index in [1.54, 1.807) is 60.7 Å². The van der Waals surface area contributed by atoms with E-state index in [2.05, 4.69) is 5.32 Å². The number of sulfonamides is 1. The molecule has 1 N–H and O–H groups in total. The molecule has 45 heavy (non-hydrogen) atoms. The zero-order valence-electron chi connectivity index (χ0n) is 25.0. The first kappa shape index (κ1) is 33.8. The van der Waals surface area contributed by atoms with E-state index in [0.717, 1.165) is 9.87 Å². The third-order valence-corrected chi connectivity index (χ3v) is 9.65. The number of hydrogen-bond donors (Lipinski definition) is 1. The Bertz CT molecular complexity index is 1690. The summed E-state index contributed by atoms with van der Waals surface area (Å²) < 4.78 is 34.4. The molecule has 11 heteroatoms. The van der Waals surface area contributed by atoms with Crippen LogP contribution in [0.3, 0.4) is 0 Å². The van der Waals surface area contributed by atoms with E-state index in [0.29, 0.717) is 40.0 Å². The summed E-state index contributed by atoms with van der Waals surface area (Å²) in [5.74, 6) is -0.432. The number of nitrogens with one attached hydrogen (secondary N) is 1. The molecule has 0 aliphatic heterocycles. The summed E-state index contributed by atoms with van der Waals surface area (Å²) in [6, 6.07) is 27.7. The largest absolute Gasteiger partial charge is 0.497 e. The third-order valence-electron chi connectivity index (χ3n) is 7.13. The van der Waals surface area contributed by atoms with Crippen LogP contribution in [0.15, 0.2) is 108 Å². The Hall–Kier alpha value is -4.05. The van der Waals surface area contributed by atoms with Crippen molar-refractivity contribution in [2.45, 2.75) is 37.2 Å². The molecule has 0 radical (unpaired) electrons. The van der Waals surface area contributed by atoms with Gasteiger partial charge in [-0.25, -0.2) is 8.42 Å². The molecule has 4 rings (SSSR count). The predicted octanol–water partition coefficient (Wildman–Crippen LogP) is 6.36. The summed E-state index contributed by atoms with van der Waals surface area (Å²) in [6.07, 6.45) is 0.909. The second-order valence-electron chi connectivity index (χ2n) is 10.3. The number of amides is 2. The van der Waals surface area contributed by atoms with Crippen molar-refractivity contribution in [3.05, 3.63) is 124 Å². The minimum Gasteiger partial charge on any atom is -0.497 e. The van der Waals surface area contributed by atoms with Gasteiger partial charge in [0.2, 0.25) is 11.8 Å². The summed E-state index contributed by atoms with van der Waals surface area (Å²) in [6.45, 7) is 1.78. The number of carbonyl (C=O) groups is 2. The quantitative estimate of drug-likeness (QED) is 0.169. The van der Waals surface area contributed by atoms with E-state index >= 15 is 0 Å². The fourth-order valence-corrected chi connectivity index (χ4v) is 6.49. The lowest BCUT2D eigenvalue weighted by Crippen LogP contribution is -2.53. The van der Waals surface area contributed by atoms with Crippen molar-refractivity contribution in [1.82, 2.24) is 10.2 Å².